The summed E-state index contributed by atoms with van der Waals surface area (Å²) in [5, 5.41) is 14.6. The second kappa shape index (κ2) is 6.07. The van der Waals surface area contributed by atoms with Gasteiger partial charge in [0.05, 0.1) is 21.4 Å². The number of rotatable bonds is 4. The number of thiophene rings is 1. The standard InChI is InChI=1S/C13H11N3O3S/c1-8(10-2-3-11(20-10)13(18)19)15-16-12(17)9-4-6-14-7-5-9/h2-7H,1H3,(H,16,17)(H,18,19)/p-1/b15-8-. The largest absolute Gasteiger partial charge is 0.544 e. The first-order chi connectivity index (χ1) is 9.58. The number of carbonyl (C=O) groups excluding carboxylic acids is 2. The van der Waals surface area contributed by atoms with Gasteiger partial charge in [-0.1, -0.05) is 0 Å². The van der Waals surface area contributed by atoms with Gasteiger partial charge in [0.25, 0.3) is 5.91 Å². The predicted octanol–water partition coefficient (Wildman–Crippen LogP) is 0.661. The van der Waals surface area contributed by atoms with Crippen molar-refractivity contribution in [3.05, 3.63) is 52.0 Å². The van der Waals surface area contributed by atoms with E-state index in [1.807, 2.05) is 0 Å². The van der Waals surface area contributed by atoms with Crippen LogP contribution in [0.4, 0.5) is 0 Å². The molecule has 102 valence electrons. The lowest BCUT2D eigenvalue weighted by atomic mass is 10.2. The van der Waals surface area contributed by atoms with E-state index in [9.17, 15) is 14.7 Å². The Morgan fingerprint density at radius 1 is 1.20 bits per heavy atom. The first-order valence-electron chi connectivity index (χ1n) is 5.64. The molecular weight excluding hydrogens is 278 g/mol. The number of carboxylic acid groups (broad SMARTS) is 1. The molecule has 7 heteroatoms. The van der Waals surface area contributed by atoms with Crippen LogP contribution in [0.2, 0.25) is 0 Å². The minimum absolute atomic E-state index is 0.120. The molecule has 2 aromatic heterocycles. The molecule has 0 aliphatic heterocycles. The summed E-state index contributed by atoms with van der Waals surface area (Å²) in [7, 11) is 0. The van der Waals surface area contributed by atoms with Crippen LogP contribution < -0.4 is 10.5 Å². The fourth-order valence-corrected chi connectivity index (χ4v) is 2.19. The van der Waals surface area contributed by atoms with Gasteiger partial charge in [-0.2, -0.15) is 5.10 Å². The number of nitrogens with one attached hydrogen (secondary N) is 1. The molecule has 2 heterocycles. The monoisotopic (exact) mass is 288 g/mol. The zero-order valence-electron chi connectivity index (χ0n) is 10.5. The summed E-state index contributed by atoms with van der Waals surface area (Å²) in [4.78, 5) is 27.0. The predicted molar refractivity (Wildman–Crippen MR) is 72.6 cm³/mol. The molecule has 0 bridgehead atoms. The average molecular weight is 288 g/mol. The molecule has 20 heavy (non-hydrogen) atoms. The van der Waals surface area contributed by atoms with Gasteiger partial charge in [0.1, 0.15) is 0 Å². The van der Waals surface area contributed by atoms with Crippen LogP contribution in [0.25, 0.3) is 0 Å². The summed E-state index contributed by atoms with van der Waals surface area (Å²) in [6.45, 7) is 1.68. The second-order valence-electron chi connectivity index (χ2n) is 3.83. The van der Waals surface area contributed by atoms with Gasteiger partial charge < -0.3 is 9.90 Å². The van der Waals surface area contributed by atoms with Gasteiger partial charge in [-0.15, -0.1) is 11.3 Å². The highest BCUT2D eigenvalue weighted by Gasteiger charge is 2.06. The number of pyridine rings is 1. The van der Waals surface area contributed by atoms with Crippen LogP contribution in [0.1, 0.15) is 31.8 Å². The zero-order chi connectivity index (χ0) is 14.5. The van der Waals surface area contributed by atoms with Crippen molar-refractivity contribution in [1.29, 1.82) is 0 Å². The topological polar surface area (TPSA) is 94.5 Å². The van der Waals surface area contributed by atoms with Crippen LogP contribution in [0, 0.1) is 0 Å². The lowest BCUT2D eigenvalue weighted by Gasteiger charge is -2.01. The number of carboxylic acids is 1. The van der Waals surface area contributed by atoms with E-state index in [2.05, 4.69) is 15.5 Å². The highest BCUT2D eigenvalue weighted by atomic mass is 32.1. The van der Waals surface area contributed by atoms with E-state index in [0.29, 0.717) is 16.2 Å². The maximum atomic E-state index is 11.7. The average Bonchev–Trinajstić information content (AvgIpc) is 2.95. The molecule has 0 spiro atoms. The summed E-state index contributed by atoms with van der Waals surface area (Å²) in [5.41, 5.74) is 3.36. The smallest absolute Gasteiger partial charge is 0.271 e. The Bertz CT molecular complexity index is 665. The van der Waals surface area contributed by atoms with E-state index < -0.39 is 5.97 Å². The quantitative estimate of drug-likeness (QED) is 0.660. The van der Waals surface area contributed by atoms with Crippen LogP contribution >= 0.6 is 11.3 Å². The van der Waals surface area contributed by atoms with E-state index in [-0.39, 0.29) is 10.8 Å². The number of aromatic carboxylic acids is 1. The molecule has 0 fully saturated rings. The maximum Gasteiger partial charge on any atom is 0.271 e. The Hall–Kier alpha value is -2.54. The van der Waals surface area contributed by atoms with Gasteiger partial charge in [-0.3, -0.25) is 9.78 Å². The number of hydrazone groups is 1. The summed E-state index contributed by atoms with van der Waals surface area (Å²) < 4.78 is 0. The third-order valence-electron chi connectivity index (χ3n) is 2.43. The molecule has 0 aromatic carbocycles. The molecule has 6 nitrogen and oxygen atoms in total. The zero-order valence-corrected chi connectivity index (χ0v) is 11.3. The molecule has 0 aliphatic carbocycles. The van der Waals surface area contributed by atoms with Gasteiger partial charge in [0, 0.05) is 18.0 Å². The second-order valence-corrected chi connectivity index (χ2v) is 4.91. The van der Waals surface area contributed by atoms with Crippen molar-refractivity contribution in [2.45, 2.75) is 6.92 Å². The van der Waals surface area contributed by atoms with E-state index in [0.717, 1.165) is 11.3 Å². The summed E-state index contributed by atoms with van der Waals surface area (Å²) >= 11 is 1.04. The molecule has 0 unspecified atom stereocenters. The van der Waals surface area contributed by atoms with Gasteiger partial charge in [0.15, 0.2) is 0 Å². The van der Waals surface area contributed by atoms with Crippen molar-refractivity contribution in [3.8, 4) is 0 Å². The lowest BCUT2D eigenvalue weighted by Crippen LogP contribution is -2.20. The Kier molecular flexibility index (Phi) is 4.21. The number of nitrogens with zero attached hydrogens (tertiary/aromatic N) is 2. The first-order valence-corrected chi connectivity index (χ1v) is 6.46. The van der Waals surface area contributed by atoms with Crippen molar-refractivity contribution in [1.82, 2.24) is 10.4 Å². The Labute approximate surface area is 118 Å². The van der Waals surface area contributed by atoms with Gasteiger partial charge >= 0.3 is 0 Å². The molecular formula is C13H10N3O3S-. The number of hydrogen-bond acceptors (Lipinski definition) is 6. The lowest BCUT2D eigenvalue weighted by molar-refractivity contribution is -0.254. The molecule has 0 saturated carbocycles. The fourth-order valence-electron chi connectivity index (χ4n) is 1.40. The van der Waals surface area contributed by atoms with E-state index in [1.54, 1.807) is 25.1 Å². The summed E-state index contributed by atoms with van der Waals surface area (Å²) in [6, 6.07) is 6.20. The minimum atomic E-state index is -1.23. The maximum absolute atomic E-state index is 11.7. The molecule has 1 N–H and O–H groups in total. The third kappa shape index (κ3) is 3.27. The minimum Gasteiger partial charge on any atom is -0.544 e. The number of amides is 1. The van der Waals surface area contributed by atoms with Crippen LogP contribution in [0.3, 0.4) is 0 Å². The normalized spacial score (nSPS) is 11.2. The van der Waals surface area contributed by atoms with Crippen LogP contribution in [-0.4, -0.2) is 22.6 Å². The van der Waals surface area contributed by atoms with Crippen molar-refractivity contribution >= 4 is 28.9 Å². The molecule has 0 atom stereocenters. The molecule has 0 radical (unpaired) electrons. The van der Waals surface area contributed by atoms with Crippen LogP contribution in [0.15, 0.2) is 41.8 Å². The Balaban J connectivity index is 2.07. The van der Waals surface area contributed by atoms with Crippen LogP contribution in [0.5, 0.6) is 0 Å². The fraction of sp³-hybridized carbons (Fsp3) is 0.0769. The Morgan fingerprint density at radius 2 is 1.85 bits per heavy atom. The number of hydrogen-bond donors (Lipinski definition) is 1. The molecule has 0 aliphatic rings. The molecule has 2 aromatic rings. The summed E-state index contributed by atoms with van der Waals surface area (Å²) in [5.74, 6) is -1.58. The van der Waals surface area contributed by atoms with Crippen molar-refractivity contribution in [3.63, 3.8) is 0 Å². The van der Waals surface area contributed by atoms with E-state index >= 15 is 0 Å². The highest BCUT2D eigenvalue weighted by molar-refractivity contribution is 7.15. The molecule has 2 rings (SSSR count). The van der Waals surface area contributed by atoms with Gasteiger partial charge in [-0.25, -0.2) is 5.43 Å². The highest BCUT2D eigenvalue weighted by Crippen LogP contribution is 2.16. The van der Waals surface area contributed by atoms with Crippen molar-refractivity contribution in [2.24, 2.45) is 5.10 Å². The van der Waals surface area contributed by atoms with Crippen molar-refractivity contribution in [2.75, 3.05) is 0 Å². The molecule has 1 amide bonds. The van der Waals surface area contributed by atoms with Gasteiger partial charge in [0.2, 0.25) is 0 Å². The van der Waals surface area contributed by atoms with Crippen LogP contribution in [-0.2, 0) is 0 Å². The van der Waals surface area contributed by atoms with E-state index in [4.69, 9.17) is 0 Å². The van der Waals surface area contributed by atoms with Gasteiger partial charge in [-0.05, 0) is 31.2 Å². The molecule has 0 saturated heterocycles. The summed E-state index contributed by atoms with van der Waals surface area (Å²) in [6.07, 6.45) is 3.02. The SMILES string of the molecule is C/C(=N/NC(=O)c1ccncc1)c1ccc(C(=O)[O-])s1. The first kappa shape index (κ1) is 13.9. The third-order valence-corrected chi connectivity index (χ3v) is 3.61. The Morgan fingerprint density at radius 3 is 2.45 bits per heavy atom. The van der Waals surface area contributed by atoms with E-state index in [1.165, 1.54) is 18.5 Å². The number of aromatic nitrogens is 1. The van der Waals surface area contributed by atoms with Crippen molar-refractivity contribution < 1.29 is 14.7 Å². The number of carbonyl (C=O) groups is 2.